The molecule has 2 atom stereocenters. The zero-order valence-electron chi connectivity index (χ0n) is 14.1. The maximum Gasteiger partial charge on any atom is 0.315 e. The largest absolute Gasteiger partial charge is 0.396 e. The first-order valence-corrected chi connectivity index (χ1v) is 8.29. The number of piperidine rings is 1. The van der Waals surface area contributed by atoms with Crippen LogP contribution in [0, 0.1) is 5.92 Å². The van der Waals surface area contributed by atoms with Crippen LogP contribution in [0.3, 0.4) is 0 Å². The number of urea groups is 1. The van der Waals surface area contributed by atoms with Gasteiger partial charge in [0.2, 0.25) is 0 Å². The predicted molar refractivity (Wildman–Crippen MR) is 86.4 cm³/mol. The van der Waals surface area contributed by atoms with Gasteiger partial charge in [-0.3, -0.25) is 4.90 Å². The van der Waals surface area contributed by atoms with Gasteiger partial charge in [0.25, 0.3) is 0 Å². The predicted octanol–water partition coefficient (Wildman–Crippen LogP) is 1.96. The molecule has 0 aliphatic carbocycles. The van der Waals surface area contributed by atoms with E-state index >= 15 is 0 Å². The van der Waals surface area contributed by atoms with E-state index in [1.54, 1.807) is 0 Å². The topological polar surface area (TPSA) is 64.6 Å². The fraction of sp³-hybridized carbons (Fsp3) is 0.938. The number of nitrogens with zero attached hydrogens (tertiary/aromatic N) is 1. The molecule has 2 unspecified atom stereocenters. The summed E-state index contributed by atoms with van der Waals surface area (Å²) in [5.41, 5.74) is -0.0231. The Morgan fingerprint density at radius 3 is 2.76 bits per heavy atom. The number of amides is 2. The molecule has 1 rings (SSSR count). The Balaban J connectivity index is 2.39. The highest BCUT2D eigenvalue weighted by Crippen LogP contribution is 2.23. The third-order valence-electron chi connectivity index (χ3n) is 4.50. The van der Waals surface area contributed by atoms with Crippen molar-refractivity contribution < 1.29 is 9.90 Å². The first-order chi connectivity index (χ1) is 9.89. The molecule has 21 heavy (non-hydrogen) atoms. The summed E-state index contributed by atoms with van der Waals surface area (Å²) in [4.78, 5) is 14.4. The Morgan fingerprint density at radius 2 is 2.19 bits per heavy atom. The van der Waals surface area contributed by atoms with Crippen LogP contribution in [0.1, 0.15) is 53.4 Å². The average Bonchev–Trinajstić information content (AvgIpc) is 2.45. The van der Waals surface area contributed by atoms with Gasteiger partial charge < -0.3 is 15.7 Å². The second kappa shape index (κ2) is 8.59. The molecule has 1 saturated heterocycles. The third-order valence-corrected chi connectivity index (χ3v) is 4.50. The van der Waals surface area contributed by atoms with Gasteiger partial charge in [0.15, 0.2) is 0 Å². The molecule has 0 aromatic rings. The van der Waals surface area contributed by atoms with E-state index in [2.05, 4.69) is 36.3 Å². The van der Waals surface area contributed by atoms with Crippen LogP contribution in [0.25, 0.3) is 0 Å². The molecule has 1 aliphatic heterocycles. The van der Waals surface area contributed by atoms with Crippen molar-refractivity contribution in [2.24, 2.45) is 5.92 Å². The van der Waals surface area contributed by atoms with Crippen molar-refractivity contribution in [2.45, 2.75) is 65.0 Å². The lowest BCUT2D eigenvalue weighted by atomic mass is 9.93. The summed E-state index contributed by atoms with van der Waals surface area (Å²) in [7, 11) is 0. The number of carbonyl (C=O) groups is 1. The van der Waals surface area contributed by atoms with Crippen LogP contribution in [0.4, 0.5) is 4.79 Å². The van der Waals surface area contributed by atoms with Crippen LogP contribution < -0.4 is 10.6 Å². The monoisotopic (exact) mass is 299 g/mol. The van der Waals surface area contributed by atoms with E-state index in [1.807, 2.05) is 6.92 Å². The molecule has 0 radical (unpaired) electrons. The molecule has 0 aromatic heterocycles. The Labute approximate surface area is 129 Å². The van der Waals surface area contributed by atoms with E-state index in [-0.39, 0.29) is 24.2 Å². The lowest BCUT2D eigenvalue weighted by Gasteiger charge is -2.43. The Bertz CT molecular complexity index is 321. The summed E-state index contributed by atoms with van der Waals surface area (Å²) in [5, 5.41) is 14.9. The molecular weight excluding hydrogens is 266 g/mol. The number of hydrogen-bond donors (Lipinski definition) is 3. The first-order valence-electron chi connectivity index (χ1n) is 8.29. The summed E-state index contributed by atoms with van der Waals surface area (Å²) < 4.78 is 0. The van der Waals surface area contributed by atoms with Gasteiger partial charge in [-0.1, -0.05) is 13.8 Å². The Morgan fingerprint density at radius 1 is 1.48 bits per heavy atom. The SMILES string of the molecule is CCC(CCO)NC(=O)NCC(C)(C)N1CCCC(C)C1. The van der Waals surface area contributed by atoms with Crippen molar-refractivity contribution in [3.05, 3.63) is 0 Å². The van der Waals surface area contributed by atoms with Crippen LogP contribution in [0.2, 0.25) is 0 Å². The standard InChI is InChI=1S/C16H33N3O2/c1-5-14(8-10-20)18-15(21)17-12-16(3,4)19-9-6-7-13(2)11-19/h13-14,20H,5-12H2,1-4H3,(H2,17,18,21). The zero-order valence-corrected chi connectivity index (χ0v) is 14.1. The molecular formula is C16H33N3O2. The maximum absolute atomic E-state index is 12.0. The van der Waals surface area contributed by atoms with Crippen molar-refractivity contribution in [1.29, 1.82) is 0 Å². The van der Waals surface area contributed by atoms with Crippen molar-refractivity contribution in [3.8, 4) is 0 Å². The third kappa shape index (κ3) is 6.22. The molecule has 0 aromatic carbocycles. The molecule has 0 spiro atoms. The summed E-state index contributed by atoms with van der Waals surface area (Å²) in [6.07, 6.45) is 3.99. The number of likely N-dealkylation sites (tertiary alicyclic amines) is 1. The second-order valence-corrected chi connectivity index (χ2v) is 6.95. The van der Waals surface area contributed by atoms with E-state index in [4.69, 9.17) is 5.11 Å². The maximum atomic E-state index is 12.0. The number of rotatable bonds is 7. The molecule has 0 saturated carbocycles. The van der Waals surface area contributed by atoms with E-state index in [0.717, 1.165) is 25.4 Å². The van der Waals surface area contributed by atoms with Gasteiger partial charge in [-0.15, -0.1) is 0 Å². The van der Waals surface area contributed by atoms with Crippen LogP contribution >= 0.6 is 0 Å². The van der Waals surface area contributed by atoms with Gasteiger partial charge in [-0.25, -0.2) is 4.79 Å². The number of aliphatic hydroxyl groups is 1. The Kier molecular flexibility index (Phi) is 7.46. The summed E-state index contributed by atoms with van der Waals surface area (Å²) in [6, 6.07) is -0.0819. The van der Waals surface area contributed by atoms with E-state index in [0.29, 0.717) is 13.0 Å². The van der Waals surface area contributed by atoms with E-state index < -0.39 is 0 Å². The molecule has 3 N–H and O–H groups in total. The lowest BCUT2D eigenvalue weighted by Crippen LogP contribution is -2.56. The number of carbonyl (C=O) groups excluding carboxylic acids is 1. The van der Waals surface area contributed by atoms with Crippen LogP contribution in [-0.4, -0.2) is 53.9 Å². The normalized spacial score (nSPS) is 21.9. The molecule has 5 heteroatoms. The minimum absolute atomic E-state index is 0.0231. The number of aliphatic hydroxyl groups excluding tert-OH is 1. The molecule has 1 fully saturated rings. The van der Waals surface area contributed by atoms with E-state index in [1.165, 1.54) is 12.8 Å². The molecule has 2 amide bonds. The van der Waals surface area contributed by atoms with Gasteiger partial charge in [0.1, 0.15) is 0 Å². The molecule has 1 aliphatic rings. The number of hydrogen-bond acceptors (Lipinski definition) is 3. The summed E-state index contributed by atoms with van der Waals surface area (Å²) in [5.74, 6) is 0.737. The molecule has 1 heterocycles. The quantitative estimate of drug-likeness (QED) is 0.673. The molecule has 0 bridgehead atoms. The van der Waals surface area contributed by atoms with Gasteiger partial charge >= 0.3 is 6.03 Å². The number of nitrogens with one attached hydrogen (secondary N) is 2. The minimum atomic E-state index is -0.131. The van der Waals surface area contributed by atoms with Crippen LogP contribution in [0.15, 0.2) is 0 Å². The average molecular weight is 299 g/mol. The van der Waals surface area contributed by atoms with Gasteiger partial charge in [-0.05, 0) is 52.0 Å². The fourth-order valence-electron chi connectivity index (χ4n) is 2.92. The van der Waals surface area contributed by atoms with Gasteiger partial charge in [0, 0.05) is 31.3 Å². The van der Waals surface area contributed by atoms with Gasteiger partial charge in [0.05, 0.1) is 0 Å². The van der Waals surface area contributed by atoms with Crippen LogP contribution in [0.5, 0.6) is 0 Å². The van der Waals surface area contributed by atoms with Crippen molar-refractivity contribution in [1.82, 2.24) is 15.5 Å². The zero-order chi connectivity index (χ0) is 15.9. The first kappa shape index (κ1) is 18.2. The molecule has 124 valence electrons. The summed E-state index contributed by atoms with van der Waals surface area (Å²) >= 11 is 0. The molecule has 5 nitrogen and oxygen atoms in total. The highest BCUT2D eigenvalue weighted by molar-refractivity contribution is 5.74. The van der Waals surface area contributed by atoms with Gasteiger partial charge in [-0.2, -0.15) is 0 Å². The van der Waals surface area contributed by atoms with Crippen molar-refractivity contribution in [3.63, 3.8) is 0 Å². The fourth-order valence-corrected chi connectivity index (χ4v) is 2.92. The highest BCUT2D eigenvalue weighted by atomic mass is 16.3. The highest BCUT2D eigenvalue weighted by Gasteiger charge is 2.30. The Hall–Kier alpha value is -0.810. The van der Waals surface area contributed by atoms with Crippen molar-refractivity contribution >= 4 is 6.03 Å². The summed E-state index contributed by atoms with van der Waals surface area (Å²) in [6.45, 7) is 11.7. The van der Waals surface area contributed by atoms with Crippen molar-refractivity contribution in [2.75, 3.05) is 26.2 Å². The van der Waals surface area contributed by atoms with Crippen LogP contribution in [-0.2, 0) is 0 Å². The lowest BCUT2D eigenvalue weighted by molar-refractivity contribution is 0.0722. The smallest absolute Gasteiger partial charge is 0.315 e. The second-order valence-electron chi connectivity index (χ2n) is 6.95. The minimum Gasteiger partial charge on any atom is -0.396 e. The van der Waals surface area contributed by atoms with E-state index in [9.17, 15) is 4.79 Å².